The average molecular weight is 550 g/mol. The van der Waals surface area contributed by atoms with Crippen molar-refractivity contribution >= 4 is 27.6 Å². The maximum absolute atomic E-state index is 14.7. The predicted molar refractivity (Wildman–Crippen MR) is 162 cm³/mol. The van der Waals surface area contributed by atoms with Crippen molar-refractivity contribution in [3.8, 4) is 33.6 Å². The molecule has 9 nitrogen and oxygen atoms in total. The summed E-state index contributed by atoms with van der Waals surface area (Å²) < 4.78 is 14.7. The number of likely N-dealkylation sites (N-methyl/N-ethyl adjacent to an activating group) is 1. The summed E-state index contributed by atoms with van der Waals surface area (Å²) in [6, 6.07) is 11.3. The highest BCUT2D eigenvalue weighted by Crippen LogP contribution is 2.35. The van der Waals surface area contributed by atoms with Crippen LogP contribution in [0.4, 0.5) is 10.1 Å². The van der Waals surface area contributed by atoms with E-state index in [2.05, 4.69) is 64.7 Å². The van der Waals surface area contributed by atoms with Gasteiger partial charge in [-0.05, 0) is 68.2 Å². The monoisotopic (exact) mass is 549 g/mol. The Balaban J connectivity index is 1.37. The molecule has 5 aromatic heterocycles. The molecule has 6 aromatic rings. The Hall–Kier alpha value is -4.67. The fourth-order valence-electron chi connectivity index (χ4n) is 4.96. The number of nitrogens with one attached hydrogen (secondary N) is 4. The van der Waals surface area contributed by atoms with E-state index in [1.807, 2.05) is 44.8 Å². The highest BCUT2D eigenvalue weighted by Gasteiger charge is 2.16. The maximum atomic E-state index is 14.7. The number of aromatic amines is 2. The van der Waals surface area contributed by atoms with E-state index in [9.17, 15) is 4.39 Å². The fourth-order valence-corrected chi connectivity index (χ4v) is 4.96. The van der Waals surface area contributed by atoms with Gasteiger partial charge in [0.2, 0.25) is 0 Å². The third kappa shape index (κ3) is 5.65. The summed E-state index contributed by atoms with van der Waals surface area (Å²) in [5, 5.41) is 16.1. The topological polar surface area (TPSA) is 110 Å². The second-order valence-corrected chi connectivity index (χ2v) is 10.3. The van der Waals surface area contributed by atoms with Crippen molar-refractivity contribution in [2.75, 3.05) is 39.0 Å². The second kappa shape index (κ2) is 11.4. The molecule has 0 fully saturated rings. The lowest BCUT2D eigenvalue weighted by atomic mass is 10.0. The zero-order chi connectivity index (χ0) is 28.3. The maximum Gasteiger partial charge on any atom is 0.155 e. The first-order valence-corrected chi connectivity index (χ1v) is 13.6. The van der Waals surface area contributed by atoms with E-state index in [0.29, 0.717) is 12.2 Å². The number of pyridine rings is 3. The summed E-state index contributed by atoms with van der Waals surface area (Å²) in [7, 11) is 4.02. The molecule has 0 aliphatic rings. The number of anilines is 1. The fraction of sp³-hybridized carbons (Fsp3) is 0.226. The minimum atomic E-state index is -0.302. The first-order chi connectivity index (χ1) is 20.0. The molecular formula is C31H32FN9. The molecule has 10 heteroatoms. The molecule has 0 radical (unpaired) electrons. The van der Waals surface area contributed by atoms with Crippen molar-refractivity contribution in [3.63, 3.8) is 0 Å². The van der Waals surface area contributed by atoms with Crippen molar-refractivity contribution < 1.29 is 4.39 Å². The molecular weight excluding hydrogens is 517 g/mol. The molecule has 0 saturated carbocycles. The zero-order valence-electron chi connectivity index (χ0n) is 23.3. The summed E-state index contributed by atoms with van der Waals surface area (Å²) in [6.07, 6.45) is 9.10. The van der Waals surface area contributed by atoms with Crippen molar-refractivity contribution in [2.24, 2.45) is 0 Å². The SMILES string of the molecule is CCNCc1cncc(-c2cnc3[nH]nc(-c4cc5c(-c6cc(F)cc(NCCN(C)C)c6)cncc5[nH]4)c3c2)c1. The van der Waals surface area contributed by atoms with Gasteiger partial charge in [0.25, 0.3) is 0 Å². The first-order valence-electron chi connectivity index (χ1n) is 13.6. The summed E-state index contributed by atoms with van der Waals surface area (Å²) in [5.74, 6) is -0.302. The Morgan fingerprint density at radius 3 is 2.59 bits per heavy atom. The Kier molecular flexibility index (Phi) is 7.41. The minimum Gasteiger partial charge on any atom is -0.384 e. The van der Waals surface area contributed by atoms with E-state index in [-0.39, 0.29) is 5.82 Å². The van der Waals surface area contributed by atoms with Gasteiger partial charge in [0.05, 0.1) is 17.4 Å². The van der Waals surface area contributed by atoms with Crippen LogP contribution in [0.5, 0.6) is 0 Å². The highest BCUT2D eigenvalue weighted by molar-refractivity contribution is 6.00. The van der Waals surface area contributed by atoms with Gasteiger partial charge in [-0.3, -0.25) is 15.1 Å². The number of H-pyrrole nitrogens is 2. The van der Waals surface area contributed by atoms with Crippen LogP contribution in [0.1, 0.15) is 12.5 Å². The third-order valence-corrected chi connectivity index (χ3v) is 7.02. The van der Waals surface area contributed by atoms with Crippen LogP contribution in [0.25, 0.3) is 55.6 Å². The smallest absolute Gasteiger partial charge is 0.155 e. The van der Waals surface area contributed by atoms with Gasteiger partial charge in [0.1, 0.15) is 11.5 Å². The first kappa shape index (κ1) is 26.5. The van der Waals surface area contributed by atoms with Crippen LogP contribution in [0.3, 0.4) is 0 Å². The highest BCUT2D eigenvalue weighted by atomic mass is 19.1. The van der Waals surface area contributed by atoms with Gasteiger partial charge in [-0.25, -0.2) is 9.37 Å². The van der Waals surface area contributed by atoms with Gasteiger partial charge in [-0.15, -0.1) is 0 Å². The molecule has 6 rings (SSSR count). The van der Waals surface area contributed by atoms with Crippen LogP contribution in [-0.4, -0.2) is 68.8 Å². The second-order valence-electron chi connectivity index (χ2n) is 10.3. The molecule has 0 amide bonds. The van der Waals surface area contributed by atoms with Gasteiger partial charge < -0.3 is 20.5 Å². The van der Waals surface area contributed by atoms with E-state index in [4.69, 9.17) is 0 Å². The quantitative estimate of drug-likeness (QED) is 0.180. The van der Waals surface area contributed by atoms with Crippen LogP contribution < -0.4 is 10.6 Å². The zero-order valence-corrected chi connectivity index (χ0v) is 23.3. The van der Waals surface area contributed by atoms with Crippen molar-refractivity contribution in [1.82, 2.24) is 40.3 Å². The lowest BCUT2D eigenvalue weighted by Crippen LogP contribution is -2.20. The van der Waals surface area contributed by atoms with E-state index < -0.39 is 0 Å². The number of halogens is 1. The summed E-state index contributed by atoms with van der Waals surface area (Å²) in [6.45, 7) is 5.29. The third-order valence-electron chi connectivity index (χ3n) is 7.02. The molecule has 0 bridgehead atoms. The molecule has 1 aromatic carbocycles. The minimum absolute atomic E-state index is 0.302. The molecule has 0 atom stereocenters. The summed E-state index contributed by atoms with van der Waals surface area (Å²) in [4.78, 5) is 19.0. The van der Waals surface area contributed by atoms with Gasteiger partial charge >= 0.3 is 0 Å². The lowest BCUT2D eigenvalue weighted by molar-refractivity contribution is 0.425. The molecule has 208 valence electrons. The number of hydrogen-bond acceptors (Lipinski definition) is 7. The average Bonchev–Trinajstić information content (AvgIpc) is 3.59. The van der Waals surface area contributed by atoms with Crippen molar-refractivity contribution in [3.05, 3.63) is 78.8 Å². The van der Waals surface area contributed by atoms with E-state index in [0.717, 1.165) is 80.8 Å². The number of benzene rings is 1. The molecule has 0 saturated heterocycles. The van der Waals surface area contributed by atoms with Crippen molar-refractivity contribution in [2.45, 2.75) is 13.5 Å². The standard InChI is InChI=1S/C31H32FN9/c1-4-33-13-19-7-21(15-34-14-19)22-10-26-30(39-40-31(26)37-16-22)28-12-25-27(17-35-18-29(25)38-28)20-8-23(32)11-24(9-20)36-5-6-41(2)3/h7-12,14-18,33,36,38H,4-6,13H2,1-3H3,(H,37,39,40). The van der Waals surface area contributed by atoms with Crippen LogP contribution in [-0.2, 0) is 6.54 Å². The Morgan fingerprint density at radius 2 is 1.73 bits per heavy atom. The van der Waals surface area contributed by atoms with Crippen LogP contribution in [0, 0.1) is 5.82 Å². The summed E-state index contributed by atoms with van der Waals surface area (Å²) >= 11 is 0. The molecule has 0 aliphatic carbocycles. The van der Waals surface area contributed by atoms with Gasteiger partial charge in [0, 0.05) is 77.6 Å². The van der Waals surface area contributed by atoms with E-state index in [1.54, 1.807) is 18.5 Å². The lowest BCUT2D eigenvalue weighted by Gasteiger charge is -2.13. The van der Waals surface area contributed by atoms with E-state index >= 15 is 0 Å². The van der Waals surface area contributed by atoms with Crippen LogP contribution in [0.2, 0.25) is 0 Å². The number of rotatable bonds is 10. The van der Waals surface area contributed by atoms with E-state index in [1.165, 1.54) is 6.07 Å². The number of fused-ring (bicyclic) bond motifs is 2. The largest absolute Gasteiger partial charge is 0.384 e. The number of nitrogens with zero attached hydrogens (tertiary/aromatic N) is 5. The molecule has 5 heterocycles. The predicted octanol–water partition coefficient (Wildman–Crippen LogP) is 5.45. The Morgan fingerprint density at radius 1 is 0.878 bits per heavy atom. The summed E-state index contributed by atoms with van der Waals surface area (Å²) in [5.41, 5.74) is 8.48. The molecule has 0 aliphatic heterocycles. The molecule has 41 heavy (non-hydrogen) atoms. The van der Waals surface area contributed by atoms with Crippen molar-refractivity contribution in [1.29, 1.82) is 0 Å². The van der Waals surface area contributed by atoms with Gasteiger partial charge in [-0.2, -0.15) is 5.10 Å². The Bertz CT molecular complexity index is 1820. The molecule has 4 N–H and O–H groups in total. The van der Waals surface area contributed by atoms with Crippen LogP contribution >= 0.6 is 0 Å². The van der Waals surface area contributed by atoms with Gasteiger partial charge in [-0.1, -0.05) is 6.92 Å². The number of hydrogen-bond donors (Lipinski definition) is 4. The Labute approximate surface area is 237 Å². The number of aromatic nitrogens is 6. The molecule has 0 spiro atoms. The van der Waals surface area contributed by atoms with Gasteiger partial charge in [0.15, 0.2) is 5.65 Å². The normalized spacial score (nSPS) is 11.6. The van der Waals surface area contributed by atoms with Crippen LogP contribution in [0.15, 0.2) is 67.4 Å². The molecule has 0 unspecified atom stereocenters.